The minimum absolute atomic E-state index is 0.00312. The van der Waals surface area contributed by atoms with Crippen molar-refractivity contribution in [2.45, 2.75) is 26.2 Å². The summed E-state index contributed by atoms with van der Waals surface area (Å²) in [6.45, 7) is 4.08. The zero-order valence-electron chi connectivity index (χ0n) is 18.0. The van der Waals surface area contributed by atoms with Crippen LogP contribution < -0.4 is 15.5 Å². The minimum Gasteiger partial charge on any atom is -0.326 e. The lowest BCUT2D eigenvalue weighted by atomic mass is 10.1. The van der Waals surface area contributed by atoms with Crippen LogP contribution in [0, 0.1) is 5.92 Å². The summed E-state index contributed by atoms with van der Waals surface area (Å²) < 4.78 is 0. The molecule has 0 aliphatic carbocycles. The van der Waals surface area contributed by atoms with E-state index in [1.165, 1.54) is 11.3 Å². The van der Waals surface area contributed by atoms with Crippen LogP contribution in [0.5, 0.6) is 0 Å². The number of anilines is 3. The Hall–Kier alpha value is -3.30. The second-order valence-electron chi connectivity index (χ2n) is 8.01. The number of hydrogen-bond acceptors (Lipinski definition) is 6. The molecule has 0 bridgehead atoms. The molecular weight excluding hydrogens is 462 g/mol. The van der Waals surface area contributed by atoms with Crippen LogP contribution in [0.15, 0.2) is 48.5 Å². The molecule has 1 unspecified atom stereocenters. The van der Waals surface area contributed by atoms with Crippen LogP contribution in [0.4, 0.5) is 16.5 Å². The van der Waals surface area contributed by atoms with Gasteiger partial charge in [0.2, 0.25) is 16.9 Å². The summed E-state index contributed by atoms with van der Waals surface area (Å²) in [7, 11) is 0. The quantitative estimate of drug-likeness (QED) is 0.534. The maximum Gasteiger partial charge on any atom is 0.257 e. The van der Waals surface area contributed by atoms with Gasteiger partial charge in [0, 0.05) is 46.8 Å². The highest BCUT2D eigenvalue weighted by atomic mass is 35.5. The largest absolute Gasteiger partial charge is 0.326 e. The summed E-state index contributed by atoms with van der Waals surface area (Å²) in [4.78, 5) is 38.8. The van der Waals surface area contributed by atoms with Crippen molar-refractivity contribution < 1.29 is 14.4 Å². The molecule has 8 nitrogen and oxygen atoms in total. The Morgan fingerprint density at radius 1 is 1.12 bits per heavy atom. The molecule has 3 aromatic rings. The van der Waals surface area contributed by atoms with Gasteiger partial charge in [0.25, 0.3) is 5.91 Å². The SMILES string of the molecule is CC(C)C(=O)Nc1cccc(C(=O)Nc2nnc(C3CC(=O)N(c4ccc(Cl)cc4)C3)s2)c1. The molecule has 1 saturated heterocycles. The van der Waals surface area contributed by atoms with Gasteiger partial charge in [0.15, 0.2) is 0 Å². The first-order valence-corrected chi connectivity index (χ1v) is 11.6. The molecule has 3 amide bonds. The molecule has 0 saturated carbocycles. The van der Waals surface area contributed by atoms with Crippen molar-refractivity contribution in [2.24, 2.45) is 5.92 Å². The maximum absolute atomic E-state index is 12.7. The lowest BCUT2D eigenvalue weighted by molar-refractivity contribution is -0.119. The molecule has 4 rings (SSSR count). The lowest BCUT2D eigenvalue weighted by Gasteiger charge is -2.16. The molecule has 1 aromatic heterocycles. The van der Waals surface area contributed by atoms with Gasteiger partial charge in [0.05, 0.1) is 0 Å². The number of carbonyl (C=O) groups excluding carboxylic acids is 3. The van der Waals surface area contributed by atoms with Gasteiger partial charge in [-0.3, -0.25) is 19.7 Å². The number of rotatable bonds is 6. The average molecular weight is 484 g/mol. The molecule has 1 atom stereocenters. The van der Waals surface area contributed by atoms with Crippen molar-refractivity contribution in [3.8, 4) is 0 Å². The number of halogens is 1. The van der Waals surface area contributed by atoms with E-state index in [1.807, 2.05) is 12.1 Å². The van der Waals surface area contributed by atoms with Crippen LogP contribution in [-0.4, -0.2) is 34.5 Å². The topological polar surface area (TPSA) is 104 Å². The maximum atomic E-state index is 12.7. The van der Waals surface area contributed by atoms with Crippen molar-refractivity contribution in [2.75, 3.05) is 22.1 Å². The second kappa shape index (κ2) is 9.68. The number of carbonyl (C=O) groups is 3. The number of aromatic nitrogens is 2. The molecule has 2 heterocycles. The molecule has 33 heavy (non-hydrogen) atoms. The smallest absolute Gasteiger partial charge is 0.257 e. The Labute approximate surface area is 200 Å². The predicted molar refractivity (Wildman–Crippen MR) is 129 cm³/mol. The highest BCUT2D eigenvalue weighted by Gasteiger charge is 2.34. The zero-order chi connectivity index (χ0) is 23.5. The van der Waals surface area contributed by atoms with E-state index in [9.17, 15) is 14.4 Å². The summed E-state index contributed by atoms with van der Waals surface area (Å²) in [5, 5.41) is 15.4. The number of nitrogens with one attached hydrogen (secondary N) is 2. The van der Waals surface area contributed by atoms with E-state index < -0.39 is 0 Å². The van der Waals surface area contributed by atoms with Gasteiger partial charge in [0.1, 0.15) is 5.01 Å². The molecule has 170 valence electrons. The molecule has 2 aromatic carbocycles. The summed E-state index contributed by atoms with van der Waals surface area (Å²) in [6, 6.07) is 13.8. The van der Waals surface area contributed by atoms with Gasteiger partial charge in [-0.2, -0.15) is 0 Å². The van der Waals surface area contributed by atoms with Crippen molar-refractivity contribution in [1.29, 1.82) is 0 Å². The Morgan fingerprint density at radius 3 is 2.61 bits per heavy atom. The van der Waals surface area contributed by atoms with Crippen molar-refractivity contribution >= 4 is 57.2 Å². The fourth-order valence-electron chi connectivity index (χ4n) is 3.39. The van der Waals surface area contributed by atoms with E-state index in [0.717, 1.165) is 5.69 Å². The van der Waals surface area contributed by atoms with Crippen LogP contribution in [0.3, 0.4) is 0 Å². The molecule has 1 aliphatic rings. The normalized spacial score (nSPS) is 15.7. The first-order valence-electron chi connectivity index (χ1n) is 10.4. The van der Waals surface area contributed by atoms with E-state index in [0.29, 0.717) is 39.4 Å². The molecule has 2 N–H and O–H groups in total. The predicted octanol–water partition coefficient (Wildman–Crippen LogP) is 4.56. The summed E-state index contributed by atoms with van der Waals surface area (Å²) >= 11 is 7.19. The first kappa shape index (κ1) is 22.9. The van der Waals surface area contributed by atoms with Gasteiger partial charge in [-0.1, -0.05) is 42.9 Å². The average Bonchev–Trinajstić information content (AvgIpc) is 3.41. The first-order chi connectivity index (χ1) is 15.8. The highest BCUT2D eigenvalue weighted by Crippen LogP contribution is 2.34. The third kappa shape index (κ3) is 5.37. The van der Waals surface area contributed by atoms with Gasteiger partial charge in [-0.05, 0) is 42.5 Å². The van der Waals surface area contributed by atoms with Gasteiger partial charge in [-0.25, -0.2) is 0 Å². The van der Waals surface area contributed by atoms with E-state index in [1.54, 1.807) is 55.1 Å². The fourth-order valence-corrected chi connectivity index (χ4v) is 4.34. The van der Waals surface area contributed by atoms with Gasteiger partial charge in [-0.15, -0.1) is 10.2 Å². The van der Waals surface area contributed by atoms with Crippen LogP contribution in [0.25, 0.3) is 0 Å². The van der Waals surface area contributed by atoms with E-state index >= 15 is 0 Å². The minimum atomic E-state index is -0.358. The summed E-state index contributed by atoms with van der Waals surface area (Å²) in [5.74, 6) is -0.752. The highest BCUT2D eigenvalue weighted by molar-refractivity contribution is 7.15. The standard InChI is InChI=1S/C23H22ClN5O3S/c1-13(2)20(31)25-17-5-3-4-14(10-17)21(32)26-23-28-27-22(33-23)15-11-19(30)29(12-15)18-8-6-16(24)7-9-18/h3-10,13,15H,11-12H2,1-2H3,(H,25,31)(H,26,28,32). The molecule has 1 fully saturated rings. The van der Waals surface area contributed by atoms with Gasteiger partial charge >= 0.3 is 0 Å². The van der Waals surface area contributed by atoms with Gasteiger partial charge < -0.3 is 10.2 Å². The lowest BCUT2D eigenvalue weighted by Crippen LogP contribution is -2.24. The molecule has 0 radical (unpaired) electrons. The molecule has 0 spiro atoms. The Morgan fingerprint density at radius 2 is 1.88 bits per heavy atom. The van der Waals surface area contributed by atoms with E-state index in [-0.39, 0.29) is 29.6 Å². The van der Waals surface area contributed by atoms with Crippen LogP contribution in [0.1, 0.15) is 41.6 Å². The Kier molecular flexibility index (Phi) is 6.71. The van der Waals surface area contributed by atoms with Crippen LogP contribution in [-0.2, 0) is 9.59 Å². The third-order valence-electron chi connectivity index (χ3n) is 5.19. The van der Waals surface area contributed by atoms with Crippen LogP contribution in [0.2, 0.25) is 5.02 Å². The molecule has 1 aliphatic heterocycles. The van der Waals surface area contributed by atoms with Crippen molar-refractivity contribution in [1.82, 2.24) is 10.2 Å². The zero-order valence-corrected chi connectivity index (χ0v) is 19.6. The number of amides is 3. The number of nitrogens with zero attached hydrogens (tertiary/aromatic N) is 3. The van der Waals surface area contributed by atoms with Crippen molar-refractivity contribution in [3.63, 3.8) is 0 Å². The van der Waals surface area contributed by atoms with Crippen LogP contribution >= 0.6 is 22.9 Å². The summed E-state index contributed by atoms with van der Waals surface area (Å²) in [5.41, 5.74) is 1.72. The molecule has 10 heteroatoms. The number of hydrogen-bond donors (Lipinski definition) is 2. The Bertz CT molecular complexity index is 1190. The Balaban J connectivity index is 1.41. The summed E-state index contributed by atoms with van der Waals surface area (Å²) in [6.07, 6.45) is 0.322. The third-order valence-corrected chi connectivity index (χ3v) is 6.44. The van der Waals surface area contributed by atoms with Crippen molar-refractivity contribution in [3.05, 3.63) is 64.1 Å². The van der Waals surface area contributed by atoms with E-state index in [2.05, 4.69) is 20.8 Å². The fraction of sp³-hybridized carbons (Fsp3) is 0.261. The second-order valence-corrected chi connectivity index (χ2v) is 9.45. The monoisotopic (exact) mass is 483 g/mol. The van der Waals surface area contributed by atoms with E-state index in [4.69, 9.17) is 11.6 Å². The molecular formula is C23H22ClN5O3S. The number of benzene rings is 2.